The molecule has 2 aromatic carbocycles. The van der Waals surface area contributed by atoms with Crippen molar-refractivity contribution in [2.24, 2.45) is 0 Å². The van der Waals surface area contributed by atoms with Crippen molar-refractivity contribution >= 4 is 5.91 Å². The zero-order chi connectivity index (χ0) is 18.9. The van der Waals surface area contributed by atoms with Crippen molar-refractivity contribution in [2.75, 3.05) is 7.11 Å². The Labute approximate surface area is 156 Å². The number of aryl methyl sites for hydroxylation is 2. The van der Waals surface area contributed by atoms with E-state index >= 15 is 0 Å². The van der Waals surface area contributed by atoms with Crippen LogP contribution >= 0.6 is 0 Å². The van der Waals surface area contributed by atoms with Gasteiger partial charge < -0.3 is 14.8 Å². The number of hydrogen-bond donors (Lipinski definition) is 1. The van der Waals surface area contributed by atoms with Crippen LogP contribution in [0.5, 0.6) is 11.5 Å². The van der Waals surface area contributed by atoms with Crippen LogP contribution in [0.4, 0.5) is 0 Å². The second-order valence-corrected chi connectivity index (χ2v) is 6.22. The number of benzene rings is 2. The van der Waals surface area contributed by atoms with E-state index < -0.39 is 6.10 Å². The standard InChI is InChI=1S/C22H29NO3/c1-5-16-8-9-17(6-2)18(14-16)15-23-22(24)21(7-3)26-20-12-10-19(25-4)11-13-20/h8-14,21H,5-7,15H2,1-4H3,(H,23,24). The van der Waals surface area contributed by atoms with Gasteiger partial charge in [0.05, 0.1) is 7.11 Å². The first kappa shape index (κ1) is 19.8. The highest BCUT2D eigenvalue weighted by molar-refractivity contribution is 5.81. The van der Waals surface area contributed by atoms with Crippen LogP contribution in [-0.4, -0.2) is 19.1 Å². The highest BCUT2D eigenvalue weighted by Crippen LogP contribution is 2.19. The Balaban J connectivity index is 2.00. The maximum absolute atomic E-state index is 12.6. The molecular weight excluding hydrogens is 326 g/mol. The summed E-state index contributed by atoms with van der Waals surface area (Å²) in [5, 5.41) is 3.03. The third-order valence-electron chi connectivity index (χ3n) is 4.51. The maximum atomic E-state index is 12.6. The van der Waals surface area contributed by atoms with Crippen molar-refractivity contribution in [3.8, 4) is 11.5 Å². The van der Waals surface area contributed by atoms with Crippen molar-refractivity contribution in [1.29, 1.82) is 0 Å². The minimum Gasteiger partial charge on any atom is -0.497 e. The molecule has 4 heteroatoms. The SMILES string of the molecule is CCc1ccc(CC)c(CNC(=O)C(CC)Oc2ccc(OC)cc2)c1. The minimum absolute atomic E-state index is 0.0905. The van der Waals surface area contributed by atoms with E-state index in [0.29, 0.717) is 18.7 Å². The van der Waals surface area contributed by atoms with E-state index in [0.717, 1.165) is 18.6 Å². The number of amides is 1. The van der Waals surface area contributed by atoms with Gasteiger partial charge in [0.1, 0.15) is 11.5 Å². The van der Waals surface area contributed by atoms with Crippen LogP contribution in [0.2, 0.25) is 0 Å². The molecule has 0 fully saturated rings. The maximum Gasteiger partial charge on any atom is 0.261 e. The van der Waals surface area contributed by atoms with Crippen molar-refractivity contribution in [3.05, 3.63) is 59.2 Å². The molecule has 0 saturated carbocycles. The predicted molar refractivity (Wildman–Crippen MR) is 105 cm³/mol. The molecule has 140 valence electrons. The average Bonchev–Trinajstić information content (AvgIpc) is 2.70. The number of carbonyl (C=O) groups excluding carboxylic acids is 1. The van der Waals surface area contributed by atoms with Gasteiger partial charge in [0.15, 0.2) is 6.10 Å². The summed E-state index contributed by atoms with van der Waals surface area (Å²) in [5.74, 6) is 1.33. The van der Waals surface area contributed by atoms with Gasteiger partial charge in [-0.05, 0) is 60.2 Å². The lowest BCUT2D eigenvalue weighted by molar-refractivity contribution is -0.128. The molecule has 1 atom stereocenters. The van der Waals surface area contributed by atoms with Crippen LogP contribution in [0.3, 0.4) is 0 Å². The molecular formula is C22H29NO3. The largest absolute Gasteiger partial charge is 0.497 e. The molecule has 2 rings (SSSR count). The third kappa shape index (κ3) is 5.25. The molecule has 1 unspecified atom stereocenters. The zero-order valence-electron chi connectivity index (χ0n) is 16.2. The first-order valence-corrected chi connectivity index (χ1v) is 9.30. The summed E-state index contributed by atoms with van der Waals surface area (Å²) < 4.78 is 11.0. The van der Waals surface area contributed by atoms with Crippen LogP contribution in [0.15, 0.2) is 42.5 Å². The summed E-state index contributed by atoms with van der Waals surface area (Å²) >= 11 is 0. The number of nitrogens with one attached hydrogen (secondary N) is 1. The normalized spacial score (nSPS) is 11.7. The number of ether oxygens (including phenoxy) is 2. The lowest BCUT2D eigenvalue weighted by Gasteiger charge is -2.18. The third-order valence-corrected chi connectivity index (χ3v) is 4.51. The molecule has 2 aromatic rings. The Hall–Kier alpha value is -2.49. The molecule has 26 heavy (non-hydrogen) atoms. The van der Waals surface area contributed by atoms with Crippen molar-refractivity contribution in [2.45, 2.75) is 52.7 Å². The molecule has 0 radical (unpaired) electrons. The fourth-order valence-electron chi connectivity index (χ4n) is 2.85. The van der Waals surface area contributed by atoms with E-state index in [9.17, 15) is 4.79 Å². The van der Waals surface area contributed by atoms with Crippen molar-refractivity contribution in [1.82, 2.24) is 5.32 Å². The minimum atomic E-state index is -0.511. The number of rotatable bonds is 9. The molecule has 0 aliphatic heterocycles. The molecule has 0 bridgehead atoms. The first-order valence-electron chi connectivity index (χ1n) is 9.30. The summed E-state index contributed by atoms with van der Waals surface area (Å²) in [7, 11) is 1.62. The lowest BCUT2D eigenvalue weighted by atomic mass is 10.0. The summed E-state index contributed by atoms with van der Waals surface area (Å²) in [6, 6.07) is 13.8. The summed E-state index contributed by atoms with van der Waals surface area (Å²) in [4.78, 5) is 12.6. The van der Waals surface area contributed by atoms with Gasteiger partial charge in [-0.25, -0.2) is 0 Å². The number of carbonyl (C=O) groups is 1. The number of methoxy groups -OCH3 is 1. The Morgan fingerprint density at radius 2 is 1.65 bits per heavy atom. The molecule has 0 aliphatic carbocycles. The fourth-order valence-corrected chi connectivity index (χ4v) is 2.85. The first-order chi connectivity index (χ1) is 12.6. The topological polar surface area (TPSA) is 47.6 Å². The van der Waals surface area contributed by atoms with Gasteiger partial charge in [-0.3, -0.25) is 4.79 Å². The molecule has 4 nitrogen and oxygen atoms in total. The molecule has 0 spiro atoms. The average molecular weight is 355 g/mol. The van der Waals surface area contributed by atoms with Crippen molar-refractivity contribution < 1.29 is 14.3 Å². The molecule has 0 heterocycles. The van der Waals surface area contributed by atoms with E-state index in [-0.39, 0.29) is 5.91 Å². The number of hydrogen-bond acceptors (Lipinski definition) is 3. The molecule has 0 saturated heterocycles. The van der Waals surface area contributed by atoms with E-state index in [4.69, 9.17) is 9.47 Å². The zero-order valence-corrected chi connectivity index (χ0v) is 16.2. The Kier molecular flexibility index (Phi) is 7.52. The van der Waals surface area contributed by atoms with Gasteiger partial charge >= 0.3 is 0 Å². The van der Waals surface area contributed by atoms with E-state index in [1.807, 2.05) is 31.2 Å². The summed E-state index contributed by atoms with van der Waals surface area (Å²) in [6.45, 7) is 6.74. The second-order valence-electron chi connectivity index (χ2n) is 6.22. The summed E-state index contributed by atoms with van der Waals surface area (Å²) in [6.07, 6.45) is 2.04. The van der Waals surface area contributed by atoms with Crippen LogP contribution in [0.1, 0.15) is 43.9 Å². The van der Waals surface area contributed by atoms with Gasteiger partial charge in [-0.15, -0.1) is 0 Å². The van der Waals surface area contributed by atoms with E-state index in [1.54, 1.807) is 7.11 Å². The predicted octanol–water partition coefficient (Wildman–Crippen LogP) is 4.29. The highest BCUT2D eigenvalue weighted by atomic mass is 16.5. The molecule has 0 aromatic heterocycles. The Morgan fingerprint density at radius 1 is 0.962 bits per heavy atom. The molecule has 1 N–H and O–H groups in total. The van der Waals surface area contributed by atoms with Crippen LogP contribution in [-0.2, 0) is 24.2 Å². The summed E-state index contributed by atoms with van der Waals surface area (Å²) in [5.41, 5.74) is 3.74. The van der Waals surface area contributed by atoms with Crippen molar-refractivity contribution in [3.63, 3.8) is 0 Å². The Bertz CT molecular complexity index is 710. The smallest absolute Gasteiger partial charge is 0.261 e. The molecule has 0 aliphatic rings. The highest BCUT2D eigenvalue weighted by Gasteiger charge is 2.18. The van der Waals surface area contributed by atoms with Gasteiger partial charge in [0.25, 0.3) is 5.91 Å². The van der Waals surface area contributed by atoms with Gasteiger partial charge in [0.2, 0.25) is 0 Å². The van der Waals surface area contributed by atoms with Gasteiger partial charge in [-0.2, -0.15) is 0 Å². The molecule has 1 amide bonds. The van der Waals surface area contributed by atoms with Crippen LogP contribution in [0.25, 0.3) is 0 Å². The van der Waals surface area contributed by atoms with E-state index in [2.05, 4.69) is 37.4 Å². The lowest BCUT2D eigenvalue weighted by Crippen LogP contribution is -2.37. The monoisotopic (exact) mass is 355 g/mol. The Morgan fingerprint density at radius 3 is 2.23 bits per heavy atom. The second kappa shape index (κ2) is 9.85. The van der Waals surface area contributed by atoms with E-state index in [1.165, 1.54) is 16.7 Å². The van der Waals surface area contributed by atoms with Gasteiger partial charge in [-0.1, -0.05) is 39.0 Å². The quantitative estimate of drug-likeness (QED) is 0.730. The van der Waals surface area contributed by atoms with Crippen LogP contribution in [0, 0.1) is 0 Å². The fraction of sp³-hybridized carbons (Fsp3) is 0.409. The van der Waals surface area contributed by atoms with Gasteiger partial charge in [0, 0.05) is 6.54 Å². The van der Waals surface area contributed by atoms with Crippen LogP contribution < -0.4 is 14.8 Å².